The van der Waals surface area contributed by atoms with Gasteiger partial charge < -0.3 is 20.5 Å². The van der Waals surface area contributed by atoms with E-state index in [9.17, 15) is 22.4 Å². The van der Waals surface area contributed by atoms with E-state index in [0.717, 1.165) is 48.4 Å². The number of hydrogen-bond acceptors (Lipinski definition) is 5. The van der Waals surface area contributed by atoms with Gasteiger partial charge in [0.2, 0.25) is 5.91 Å². The zero-order valence-electron chi connectivity index (χ0n) is 16.3. The summed E-state index contributed by atoms with van der Waals surface area (Å²) in [4.78, 5) is 26.0. The summed E-state index contributed by atoms with van der Waals surface area (Å²) in [5.41, 5.74) is -0.621. The Morgan fingerprint density at radius 3 is 2.90 bits per heavy atom. The Labute approximate surface area is 174 Å². The third-order valence-corrected chi connectivity index (χ3v) is 5.14. The van der Waals surface area contributed by atoms with Crippen LogP contribution in [0.4, 0.5) is 29.1 Å². The Balaban J connectivity index is 1.35. The van der Waals surface area contributed by atoms with E-state index in [-0.39, 0.29) is 24.2 Å². The molecule has 0 radical (unpaired) electrons. The summed E-state index contributed by atoms with van der Waals surface area (Å²) in [5, 5.41) is 6.41. The summed E-state index contributed by atoms with van der Waals surface area (Å²) in [6, 6.07) is 4.31. The highest BCUT2D eigenvalue weighted by atomic mass is 19.4. The number of nitrogens with one attached hydrogen (secondary N) is 3. The molecule has 0 spiro atoms. The molecule has 1 fully saturated rings. The molecule has 7 nitrogen and oxygen atoms in total. The average molecular weight is 436 g/mol. The Hall–Kier alpha value is -3.37. The van der Waals surface area contributed by atoms with Gasteiger partial charge in [0.25, 0.3) is 0 Å². The van der Waals surface area contributed by atoms with Crippen LogP contribution >= 0.6 is 0 Å². The number of amides is 1. The number of halogens is 4. The third-order valence-electron chi connectivity index (χ3n) is 5.14. The second-order valence-electron chi connectivity index (χ2n) is 7.34. The average Bonchev–Trinajstić information content (AvgIpc) is 3.21. The summed E-state index contributed by atoms with van der Waals surface area (Å²) >= 11 is 0. The highest BCUT2D eigenvalue weighted by molar-refractivity contribution is 5.87. The van der Waals surface area contributed by atoms with E-state index >= 15 is 0 Å². The second-order valence-corrected chi connectivity index (χ2v) is 7.34. The first-order valence-electron chi connectivity index (χ1n) is 9.74. The number of aromatic nitrogens is 3. The maximum atomic E-state index is 13.4. The number of carbonyl (C=O) groups excluding carboxylic acids is 1. The van der Waals surface area contributed by atoms with E-state index in [4.69, 9.17) is 0 Å². The molecular weight excluding hydrogens is 416 g/mol. The minimum Gasteiger partial charge on any atom is -0.376 e. The van der Waals surface area contributed by atoms with Gasteiger partial charge in [-0.2, -0.15) is 13.2 Å². The maximum absolute atomic E-state index is 13.4. The first-order chi connectivity index (χ1) is 14.8. The maximum Gasteiger partial charge on any atom is 0.419 e. The van der Waals surface area contributed by atoms with Gasteiger partial charge in [0.15, 0.2) is 0 Å². The van der Waals surface area contributed by atoms with Crippen molar-refractivity contribution in [3.8, 4) is 0 Å². The van der Waals surface area contributed by atoms with Crippen molar-refractivity contribution in [1.29, 1.82) is 0 Å². The van der Waals surface area contributed by atoms with Crippen LogP contribution in [0.2, 0.25) is 0 Å². The number of anilines is 2. The molecule has 0 saturated carbocycles. The molecule has 4 rings (SSSR count). The number of aromatic amines is 1. The normalized spacial score (nSPS) is 17.0. The van der Waals surface area contributed by atoms with Crippen LogP contribution in [0.25, 0.3) is 11.0 Å². The molecule has 3 N–H and O–H groups in total. The van der Waals surface area contributed by atoms with E-state index in [1.807, 2.05) is 6.07 Å². The zero-order chi connectivity index (χ0) is 22.0. The number of alkyl halides is 3. The quantitative estimate of drug-likeness (QED) is 0.535. The number of fused-ring (bicyclic) bond motifs is 1. The van der Waals surface area contributed by atoms with E-state index < -0.39 is 17.6 Å². The van der Waals surface area contributed by atoms with E-state index in [0.29, 0.717) is 12.6 Å². The standard InChI is InChI=1S/C20H20F4N6O/c21-16-4-3-12(8-15(16)20(22,23)24)26-9-17(31)29-13-2-1-7-30(10-13)19-14-5-6-25-18(14)27-11-28-19/h3-6,8,11,13,26H,1-2,7,9-10H2,(H,29,31)(H,25,27,28). The Morgan fingerprint density at radius 2 is 2.10 bits per heavy atom. The van der Waals surface area contributed by atoms with Gasteiger partial charge in [-0.05, 0) is 37.1 Å². The largest absolute Gasteiger partial charge is 0.419 e. The molecule has 1 atom stereocenters. The number of benzene rings is 1. The zero-order valence-corrected chi connectivity index (χ0v) is 16.3. The molecule has 1 aromatic carbocycles. The molecule has 3 heterocycles. The fourth-order valence-corrected chi connectivity index (χ4v) is 3.71. The molecule has 1 amide bonds. The van der Waals surface area contributed by atoms with Crippen molar-refractivity contribution in [3.63, 3.8) is 0 Å². The number of nitrogens with zero attached hydrogens (tertiary/aromatic N) is 3. The van der Waals surface area contributed by atoms with Gasteiger partial charge in [0.1, 0.15) is 23.6 Å². The lowest BCUT2D eigenvalue weighted by Crippen LogP contribution is -2.49. The van der Waals surface area contributed by atoms with Crippen molar-refractivity contribution in [2.45, 2.75) is 25.1 Å². The molecular formula is C20H20F4N6O. The highest BCUT2D eigenvalue weighted by Gasteiger charge is 2.34. The SMILES string of the molecule is O=C(CNc1ccc(F)c(C(F)(F)F)c1)NC1CCCN(c2ncnc3[nH]ccc23)C1. The van der Waals surface area contributed by atoms with Gasteiger partial charge >= 0.3 is 6.18 Å². The van der Waals surface area contributed by atoms with Crippen LogP contribution in [0.3, 0.4) is 0 Å². The lowest BCUT2D eigenvalue weighted by molar-refractivity contribution is -0.139. The molecule has 0 aliphatic carbocycles. The van der Waals surface area contributed by atoms with Crippen molar-refractivity contribution in [2.24, 2.45) is 0 Å². The van der Waals surface area contributed by atoms with Gasteiger partial charge in [-0.15, -0.1) is 0 Å². The first kappa shape index (κ1) is 20.9. The topological polar surface area (TPSA) is 85.9 Å². The summed E-state index contributed by atoms with van der Waals surface area (Å²) in [7, 11) is 0. The minimum atomic E-state index is -4.80. The summed E-state index contributed by atoms with van der Waals surface area (Å²) in [6.07, 6.45) is 0.0938. The molecule has 3 aromatic rings. The van der Waals surface area contributed by atoms with Crippen LogP contribution in [0.5, 0.6) is 0 Å². The fourth-order valence-electron chi connectivity index (χ4n) is 3.71. The third kappa shape index (κ3) is 4.70. The first-order valence-corrected chi connectivity index (χ1v) is 9.74. The van der Waals surface area contributed by atoms with E-state index in [1.165, 1.54) is 6.33 Å². The smallest absolute Gasteiger partial charge is 0.376 e. The molecule has 1 unspecified atom stereocenters. The monoisotopic (exact) mass is 436 g/mol. The fraction of sp³-hybridized carbons (Fsp3) is 0.350. The minimum absolute atomic E-state index is 0.0185. The van der Waals surface area contributed by atoms with Crippen LogP contribution in [-0.2, 0) is 11.0 Å². The van der Waals surface area contributed by atoms with Crippen molar-refractivity contribution in [2.75, 3.05) is 29.9 Å². The van der Waals surface area contributed by atoms with Gasteiger partial charge in [-0.3, -0.25) is 4.79 Å². The number of rotatable bonds is 5. The second kappa shape index (κ2) is 8.40. The van der Waals surface area contributed by atoms with Gasteiger partial charge in [-0.25, -0.2) is 14.4 Å². The van der Waals surface area contributed by atoms with E-state index in [1.54, 1.807) is 6.20 Å². The Morgan fingerprint density at radius 1 is 1.26 bits per heavy atom. The molecule has 164 valence electrons. The van der Waals surface area contributed by atoms with Gasteiger partial charge in [-0.1, -0.05) is 0 Å². The number of H-pyrrole nitrogens is 1. The van der Waals surface area contributed by atoms with Crippen molar-refractivity contribution >= 4 is 28.4 Å². The summed E-state index contributed by atoms with van der Waals surface area (Å²) < 4.78 is 51.9. The van der Waals surface area contributed by atoms with Crippen LogP contribution < -0.4 is 15.5 Å². The van der Waals surface area contributed by atoms with Crippen LogP contribution in [0.15, 0.2) is 36.8 Å². The Kier molecular flexibility index (Phi) is 5.66. The number of piperidine rings is 1. The summed E-state index contributed by atoms with van der Waals surface area (Å²) in [6.45, 7) is 1.12. The molecule has 31 heavy (non-hydrogen) atoms. The van der Waals surface area contributed by atoms with Crippen molar-refractivity contribution in [3.05, 3.63) is 48.2 Å². The lowest BCUT2D eigenvalue weighted by atomic mass is 10.1. The number of carbonyl (C=O) groups is 1. The van der Waals surface area contributed by atoms with Crippen molar-refractivity contribution < 1.29 is 22.4 Å². The van der Waals surface area contributed by atoms with Gasteiger partial charge in [0.05, 0.1) is 17.5 Å². The predicted octanol–water partition coefficient (Wildman–Crippen LogP) is 3.31. The van der Waals surface area contributed by atoms with Crippen LogP contribution in [0, 0.1) is 5.82 Å². The number of hydrogen-bond donors (Lipinski definition) is 3. The van der Waals surface area contributed by atoms with Crippen LogP contribution in [-0.4, -0.2) is 46.5 Å². The highest BCUT2D eigenvalue weighted by Crippen LogP contribution is 2.33. The van der Waals surface area contributed by atoms with Crippen molar-refractivity contribution in [1.82, 2.24) is 20.3 Å². The molecule has 11 heteroatoms. The van der Waals surface area contributed by atoms with Crippen LogP contribution in [0.1, 0.15) is 18.4 Å². The molecule has 0 bridgehead atoms. The molecule has 1 aliphatic heterocycles. The van der Waals surface area contributed by atoms with E-state index in [2.05, 4.69) is 30.5 Å². The molecule has 2 aromatic heterocycles. The summed E-state index contributed by atoms with van der Waals surface area (Å²) in [5.74, 6) is -0.931. The Bertz CT molecular complexity index is 1080. The molecule has 1 saturated heterocycles. The lowest BCUT2D eigenvalue weighted by Gasteiger charge is -2.34. The predicted molar refractivity (Wildman–Crippen MR) is 107 cm³/mol. The van der Waals surface area contributed by atoms with Gasteiger partial charge in [0, 0.05) is 31.0 Å². The molecule has 1 aliphatic rings.